The summed E-state index contributed by atoms with van der Waals surface area (Å²) in [6.07, 6.45) is 4.19. The van der Waals surface area contributed by atoms with Gasteiger partial charge >= 0.3 is 5.97 Å². The first kappa shape index (κ1) is 10.1. The Morgan fingerprint density at radius 1 is 1.47 bits per heavy atom. The maximum atomic E-state index is 11.3. The van der Waals surface area contributed by atoms with Crippen LogP contribution in [0.2, 0.25) is 0 Å². The van der Waals surface area contributed by atoms with Gasteiger partial charge in [0.2, 0.25) is 0 Å². The van der Waals surface area contributed by atoms with E-state index in [0.29, 0.717) is 0 Å². The lowest BCUT2D eigenvalue weighted by Crippen LogP contribution is -2.43. The van der Waals surface area contributed by atoms with Crippen LogP contribution >= 0.6 is 0 Å². The molecular formula is C12H15NO2. The minimum atomic E-state index is -0.729. The van der Waals surface area contributed by atoms with Crippen LogP contribution in [0.5, 0.6) is 0 Å². The van der Waals surface area contributed by atoms with Crippen LogP contribution in [0.4, 0.5) is 0 Å². The molecule has 0 saturated heterocycles. The Hall–Kier alpha value is -1.38. The standard InChI is InChI=1S/C12H15NO2/c1-8-6-9(2)10(13-7-8)12(11(14)15)4-3-5-12/h6-7H,3-5H2,1-2H3,(H,14,15). The molecule has 1 N–H and O–H groups in total. The Bertz CT molecular complexity index is 408. The topological polar surface area (TPSA) is 50.2 Å². The summed E-state index contributed by atoms with van der Waals surface area (Å²) in [6, 6.07) is 2.01. The third-order valence-electron chi connectivity index (χ3n) is 3.28. The summed E-state index contributed by atoms with van der Waals surface area (Å²) in [7, 11) is 0. The zero-order valence-corrected chi connectivity index (χ0v) is 9.08. The average molecular weight is 205 g/mol. The first-order chi connectivity index (χ1) is 7.06. The number of carboxylic acids is 1. The molecular weight excluding hydrogens is 190 g/mol. The molecule has 1 aliphatic carbocycles. The summed E-state index contributed by atoms with van der Waals surface area (Å²) in [4.78, 5) is 15.6. The molecule has 1 aliphatic rings. The molecule has 2 rings (SSSR count). The van der Waals surface area contributed by atoms with Crippen molar-refractivity contribution in [2.75, 3.05) is 0 Å². The summed E-state index contributed by atoms with van der Waals surface area (Å²) >= 11 is 0. The Kier molecular flexibility index (Phi) is 2.25. The van der Waals surface area contributed by atoms with Gasteiger partial charge in [-0.3, -0.25) is 9.78 Å². The van der Waals surface area contributed by atoms with E-state index in [1.807, 2.05) is 19.9 Å². The van der Waals surface area contributed by atoms with Crippen LogP contribution in [0.3, 0.4) is 0 Å². The van der Waals surface area contributed by atoms with Gasteiger partial charge in [-0.2, -0.15) is 0 Å². The molecule has 0 spiro atoms. The fraction of sp³-hybridized carbons (Fsp3) is 0.500. The number of nitrogens with zero attached hydrogens (tertiary/aromatic N) is 1. The molecule has 0 aliphatic heterocycles. The molecule has 0 radical (unpaired) electrons. The third-order valence-corrected chi connectivity index (χ3v) is 3.28. The second-order valence-corrected chi connectivity index (χ2v) is 4.42. The maximum absolute atomic E-state index is 11.3. The lowest BCUT2D eigenvalue weighted by atomic mass is 9.65. The van der Waals surface area contributed by atoms with E-state index in [9.17, 15) is 9.90 Å². The predicted octanol–water partition coefficient (Wildman–Crippen LogP) is 2.20. The van der Waals surface area contributed by atoms with E-state index in [0.717, 1.165) is 36.1 Å². The molecule has 0 amide bonds. The summed E-state index contributed by atoms with van der Waals surface area (Å²) in [5, 5.41) is 9.29. The predicted molar refractivity (Wildman–Crippen MR) is 56.9 cm³/mol. The minimum absolute atomic E-state index is 0.697. The van der Waals surface area contributed by atoms with Crippen LogP contribution in [-0.2, 0) is 10.2 Å². The van der Waals surface area contributed by atoms with Crippen molar-refractivity contribution in [2.24, 2.45) is 0 Å². The average Bonchev–Trinajstić information content (AvgIpc) is 2.05. The molecule has 15 heavy (non-hydrogen) atoms. The highest BCUT2D eigenvalue weighted by Crippen LogP contribution is 2.44. The SMILES string of the molecule is Cc1cnc(C2(C(=O)O)CCC2)c(C)c1. The Labute approximate surface area is 89.2 Å². The molecule has 3 heteroatoms. The van der Waals surface area contributed by atoms with Crippen LogP contribution < -0.4 is 0 Å². The Morgan fingerprint density at radius 3 is 2.53 bits per heavy atom. The highest BCUT2D eigenvalue weighted by Gasteiger charge is 2.47. The molecule has 0 aromatic carbocycles. The zero-order chi connectivity index (χ0) is 11.1. The van der Waals surface area contributed by atoms with Gasteiger partial charge in [-0.05, 0) is 37.8 Å². The monoisotopic (exact) mass is 205 g/mol. The molecule has 0 bridgehead atoms. The van der Waals surface area contributed by atoms with Gasteiger partial charge in [0.05, 0.1) is 5.69 Å². The molecule has 1 aromatic rings. The normalized spacial score (nSPS) is 18.3. The first-order valence-corrected chi connectivity index (χ1v) is 5.23. The Morgan fingerprint density at radius 2 is 2.13 bits per heavy atom. The molecule has 1 fully saturated rings. The largest absolute Gasteiger partial charge is 0.481 e. The van der Waals surface area contributed by atoms with Crippen molar-refractivity contribution in [1.29, 1.82) is 0 Å². The lowest BCUT2D eigenvalue weighted by Gasteiger charge is -2.37. The number of aliphatic carboxylic acids is 1. The summed E-state index contributed by atoms with van der Waals surface area (Å²) in [6.45, 7) is 3.91. The van der Waals surface area contributed by atoms with Gasteiger partial charge in [0, 0.05) is 6.20 Å². The number of pyridine rings is 1. The zero-order valence-electron chi connectivity index (χ0n) is 9.08. The van der Waals surface area contributed by atoms with Crippen molar-refractivity contribution in [3.8, 4) is 0 Å². The van der Waals surface area contributed by atoms with E-state index in [2.05, 4.69) is 4.98 Å². The van der Waals surface area contributed by atoms with Crippen LogP contribution in [0.1, 0.15) is 36.1 Å². The van der Waals surface area contributed by atoms with E-state index in [1.54, 1.807) is 6.20 Å². The number of carboxylic acid groups (broad SMARTS) is 1. The van der Waals surface area contributed by atoms with E-state index >= 15 is 0 Å². The molecule has 1 heterocycles. The van der Waals surface area contributed by atoms with Crippen molar-refractivity contribution < 1.29 is 9.90 Å². The number of rotatable bonds is 2. The third kappa shape index (κ3) is 1.42. The van der Waals surface area contributed by atoms with Crippen LogP contribution in [-0.4, -0.2) is 16.1 Å². The number of aromatic nitrogens is 1. The molecule has 80 valence electrons. The van der Waals surface area contributed by atoms with Crippen molar-refractivity contribution >= 4 is 5.97 Å². The molecule has 0 unspecified atom stereocenters. The smallest absolute Gasteiger partial charge is 0.315 e. The van der Waals surface area contributed by atoms with E-state index in [-0.39, 0.29) is 0 Å². The number of carbonyl (C=O) groups is 1. The fourth-order valence-electron chi connectivity index (χ4n) is 2.30. The van der Waals surface area contributed by atoms with Crippen molar-refractivity contribution in [3.05, 3.63) is 29.1 Å². The lowest BCUT2D eigenvalue weighted by molar-refractivity contribution is -0.147. The van der Waals surface area contributed by atoms with Crippen LogP contribution in [0.25, 0.3) is 0 Å². The van der Waals surface area contributed by atoms with E-state index in [1.165, 1.54) is 0 Å². The van der Waals surface area contributed by atoms with Gasteiger partial charge in [-0.1, -0.05) is 12.5 Å². The molecule has 3 nitrogen and oxygen atoms in total. The highest BCUT2D eigenvalue weighted by molar-refractivity contribution is 5.82. The van der Waals surface area contributed by atoms with Crippen molar-refractivity contribution in [3.63, 3.8) is 0 Å². The summed E-state index contributed by atoms with van der Waals surface area (Å²) in [5.41, 5.74) is 2.14. The second-order valence-electron chi connectivity index (χ2n) is 4.42. The van der Waals surface area contributed by atoms with Crippen molar-refractivity contribution in [2.45, 2.75) is 38.5 Å². The number of hydrogen-bond donors (Lipinski definition) is 1. The highest BCUT2D eigenvalue weighted by atomic mass is 16.4. The van der Waals surface area contributed by atoms with Gasteiger partial charge in [0.1, 0.15) is 5.41 Å². The van der Waals surface area contributed by atoms with Crippen LogP contribution in [0, 0.1) is 13.8 Å². The maximum Gasteiger partial charge on any atom is 0.315 e. The van der Waals surface area contributed by atoms with E-state index < -0.39 is 11.4 Å². The molecule has 0 atom stereocenters. The number of hydrogen-bond acceptors (Lipinski definition) is 2. The molecule has 1 saturated carbocycles. The summed E-state index contributed by atoms with van der Waals surface area (Å²) in [5.74, 6) is -0.729. The van der Waals surface area contributed by atoms with Gasteiger partial charge in [0.15, 0.2) is 0 Å². The van der Waals surface area contributed by atoms with Gasteiger partial charge < -0.3 is 5.11 Å². The second kappa shape index (κ2) is 3.33. The summed E-state index contributed by atoms with van der Waals surface area (Å²) < 4.78 is 0. The molecule has 1 aromatic heterocycles. The van der Waals surface area contributed by atoms with Crippen LogP contribution in [0.15, 0.2) is 12.3 Å². The van der Waals surface area contributed by atoms with Gasteiger partial charge in [0.25, 0.3) is 0 Å². The first-order valence-electron chi connectivity index (χ1n) is 5.23. The quantitative estimate of drug-likeness (QED) is 0.805. The van der Waals surface area contributed by atoms with Gasteiger partial charge in [-0.15, -0.1) is 0 Å². The Balaban J connectivity index is 2.48. The van der Waals surface area contributed by atoms with E-state index in [4.69, 9.17) is 0 Å². The van der Waals surface area contributed by atoms with Crippen molar-refractivity contribution in [1.82, 2.24) is 4.98 Å². The van der Waals surface area contributed by atoms with Gasteiger partial charge in [-0.25, -0.2) is 0 Å². The minimum Gasteiger partial charge on any atom is -0.481 e. The number of aryl methyl sites for hydroxylation is 2. The fourth-order valence-corrected chi connectivity index (χ4v) is 2.30.